The maximum absolute atomic E-state index is 9.94. The summed E-state index contributed by atoms with van der Waals surface area (Å²) in [5.74, 6) is 0.314. The molecule has 1 aromatic heterocycles. The largest absolute Gasteiger partial charge is 0.464 e. The molecule has 1 heterocycles. The van der Waals surface area contributed by atoms with Crippen molar-refractivity contribution >= 4 is 22.6 Å². The molecule has 0 radical (unpaired) electrons. The highest BCUT2D eigenvalue weighted by atomic mass is 35.5. The number of halogens is 1. The van der Waals surface area contributed by atoms with Gasteiger partial charge in [0.15, 0.2) is 0 Å². The summed E-state index contributed by atoms with van der Waals surface area (Å²) < 4.78 is 5.29. The van der Waals surface area contributed by atoms with Gasteiger partial charge >= 0.3 is 0 Å². The third-order valence-electron chi connectivity index (χ3n) is 2.60. The lowest BCUT2D eigenvalue weighted by molar-refractivity contribution is 0.0174. The molecule has 2 N–H and O–H groups in total. The predicted octanol–water partition coefficient (Wildman–Crippen LogP) is 2.46. The van der Waals surface area contributed by atoms with Gasteiger partial charge in [-0.05, 0) is 12.5 Å². The topological polar surface area (TPSA) is 53.6 Å². The fraction of sp³-hybridized carbons (Fsp3) is 0.333. The SMILES string of the molecule is OC(CCCl)C(O)c1coc2ccccc12. The Morgan fingerprint density at radius 1 is 1.25 bits per heavy atom. The Morgan fingerprint density at radius 3 is 2.75 bits per heavy atom. The fourth-order valence-corrected chi connectivity index (χ4v) is 1.93. The molecule has 16 heavy (non-hydrogen) atoms. The highest BCUT2D eigenvalue weighted by molar-refractivity contribution is 6.17. The number of alkyl halides is 1. The van der Waals surface area contributed by atoms with Gasteiger partial charge in [-0.25, -0.2) is 0 Å². The number of hydrogen-bond acceptors (Lipinski definition) is 3. The summed E-state index contributed by atoms with van der Waals surface area (Å²) in [6.45, 7) is 0. The number of para-hydroxylation sites is 1. The monoisotopic (exact) mass is 240 g/mol. The summed E-state index contributed by atoms with van der Waals surface area (Å²) in [4.78, 5) is 0. The minimum absolute atomic E-state index is 0.314. The second-order valence-corrected chi connectivity index (χ2v) is 4.06. The molecule has 3 nitrogen and oxygen atoms in total. The molecule has 0 fully saturated rings. The van der Waals surface area contributed by atoms with Gasteiger partial charge in [0.25, 0.3) is 0 Å². The van der Waals surface area contributed by atoms with Crippen molar-refractivity contribution in [3.8, 4) is 0 Å². The van der Waals surface area contributed by atoms with Crippen molar-refractivity contribution in [2.24, 2.45) is 0 Å². The average molecular weight is 241 g/mol. The van der Waals surface area contributed by atoms with Crippen LogP contribution in [0.5, 0.6) is 0 Å². The number of benzene rings is 1. The third kappa shape index (κ3) is 2.07. The van der Waals surface area contributed by atoms with Crippen LogP contribution in [0, 0.1) is 0 Å². The maximum atomic E-state index is 9.94. The number of rotatable bonds is 4. The first kappa shape index (κ1) is 11.5. The van der Waals surface area contributed by atoms with Crippen molar-refractivity contribution in [1.29, 1.82) is 0 Å². The number of aliphatic hydroxyl groups excluding tert-OH is 2. The first-order valence-electron chi connectivity index (χ1n) is 5.12. The maximum Gasteiger partial charge on any atom is 0.134 e. The normalized spacial score (nSPS) is 15.2. The lowest BCUT2D eigenvalue weighted by Gasteiger charge is -2.15. The van der Waals surface area contributed by atoms with Gasteiger partial charge in [-0.3, -0.25) is 0 Å². The van der Waals surface area contributed by atoms with Gasteiger partial charge in [-0.1, -0.05) is 18.2 Å². The minimum atomic E-state index is -0.956. The van der Waals surface area contributed by atoms with E-state index in [1.807, 2.05) is 24.3 Å². The van der Waals surface area contributed by atoms with Gasteiger partial charge in [0.1, 0.15) is 11.7 Å². The molecule has 0 amide bonds. The van der Waals surface area contributed by atoms with E-state index in [2.05, 4.69) is 0 Å². The van der Waals surface area contributed by atoms with Crippen molar-refractivity contribution in [2.45, 2.75) is 18.6 Å². The second-order valence-electron chi connectivity index (χ2n) is 3.68. The van der Waals surface area contributed by atoms with Gasteiger partial charge in [0, 0.05) is 16.8 Å². The van der Waals surface area contributed by atoms with E-state index in [9.17, 15) is 10.2 Å². The summed E-state index contributed by atoms with van der Waals surface area (Å²) >= 11 is 5.53. The molecule has 2 atom stereocenters. The van der Waals surface area contributed by atoms with Crippen LogP contribution in [0.25, 0.3) is 11.0 Å². The molecular weight excluding hydrogens is 228 g/mol. The fourth-order valence-electron chi connectivity index (χ4n) is 1.70. The van der Waals surface area contributed by atoms with E-state index in [4.69, 9.17) is 16.0 Å². The molecule has 2 aromatic rings. The van der Waals surface area contributed by atoms with E-state index in [-0.39, 0.29) is 0 Å². The Kier molecular flexibility index (Phi) is 3.49. The molecule has 0 aliphatic rings. The first-order valence-corrected chi connectivity index (χ1v) is 5.65. The van der Waals surface area contributed by atoms with Crippen LogP contribution >= 0.6 is 11.6 Å². The Morgan fingerprint density at radius 2 is 2.00 bits per heavy atom. The molecule has 1 aromatic carbocycles. The smallest absolute Gasteiger partial charge is 0.134 e. The molecule has 0 saturated carbocycles. The lowest BCUT2D eigenvalue weighted by atomic mass is 10.0. The van der Waals surface area contributed by atoms with Crippen molar-refractivity contribution in [1.82, 2.24) is 0 Å². The Hall–Kier alpha value is -1.03. The second kappa shape index (κ2) is 4.87. The molecule has 0 spiro atoms. The zero-order valence-corrected chi connectivity index (χ0v) is 9.39. The van der Waals surface area contributed by atoms with Gasteiger partial charge in [-0.15, -0.1) is 11.6 Å². The van der Waals surface area contributed by atoms with Crippen LogP contribution in [-0.4, -0.2) is 22.2 Å². The highest BCUT2D eigenvalue weighted by Crippen LogP contribution is 2.28. The van der Waals surface area contributed by atoms with Crippen LogP contribution in [-0.2, 0) is 0 Å². The van der Waals surface area contributed by atoms with Crippen molar-refractivity contribution < 1.29 is 14.6 Å². The molecule has 0 aliphatic carbocycles. The Bertz CT molecular complexity index is 466. The van der Waals surface area contributed by atoms with Gasteiger partial charge in [0.2, 0.25) is 0 Å². The molecule has 2 rings (SSSR count). The Labute approximate surface area is 98.3 Å². The van der Waals surface area contributed by atoms with E-state index in [1.54, 1.807) is 0 Å². The van der Waals surface area contributed by atoms with Crippen LogP contribution in [0.1, 0.15) is 18.1 Å². The zero-order chi connectivity index (χ0) is 11.5. The van der Waals surface area contributed by atoms with Gasteiger partial charge < -0.3 is 14.6 Å². The zero-order valence-electron chi connectivity index (χ0n) is 8.64. The molecule has 4 heteroatoms. The molecule has 0 aliphatic heterocycles. The van der Waals surface area contributed by atoms with Crippen molar-refractivity contribution in [3.05, 3.63) is 36.1 Å². The Balaban J connectivity index is 2.32. The van der Waals surface area contributed by atoms with E-state index in [0.29, 0.717) is 23.4 Å². The molecule has 2 unspecified atom stereocenters. The van der Waals surface area contributed by atoms with Crippen LogP contribution in [0.3, 0.4) is 0 Å². The van der Waals surface area contributed by atoms with E-state index < -0.39 is 12.2 Å². The number of fused-ring (bicyclic) bond motifs is 1. The molecule has 0 bridgehead atoms. The summed E-state index contributed by atoms with van der Waals surface area (Å²) in [6.07, 6.45) is 0.00978. The van der Waals surface area contributed by atoms with Gasteiger partial charge in [0.05, 0.1) is 12.4 Å². The third-order valence-corrected chi connectivity index (χ3v) is 2.82. The molecule has 86 valence electrons. The van der Waals surface area contributed by atoms with Crippen LogP contribution < -0.4 is 0 Å². The van der Waals surface area contributed by atoms with Crippen molar-refractivity contribution in [2.75, 3.05) is 5.88 Å². The lowest BCUT2D eigenvalue weighted by Crippen LogP contribution is -2.18. The van der Waals surface area contributed by atoms with Gasteiger partial charge in [-0.2, -0.15) is 0 Å². The number of hydrogen-bond donors (Lipinski definition) is 2. The minimum Gasteiger partial charge on any atom is -0.464 e. The first-order chi connectivity index (χ1) is 7.74. The standard InChI is InChI=1S/C12H13ClO3/c13-6-5-10(14)12(15)9-7-16-11-4-2-1-3-8(9)11/h1-4,7,10,12,14-15H,5-6H2. The summed E-state index contributed by atoms with van der Waals surface area (Å²) in [7, 11) is 0. The average Bonchev–Trinajstić information content (AvgIpc) is 2.72. The summed E-state index contributed by atoms with van der Waals surface area (Å²) in [5, 5.41) is 20.4. The summed E-state index contributed by atoms with van der Waals surface area (Å²) in [6, 6.07) is 7.39. The van der Waals surface area contributed by atoms with E-state index >= 15 is 0 Å². The predicted molar refractivity (Wildman–Crippen MR) is 62.5 cm³/mol. The van der Waals surface area contributed by atoms with Crippen LogP contribution in [0.4, 0.5) is 0 Å². The molecular formula is C12H13ClO3. The quantitative estimate of drug-likeness (QED) is 0.808. The van der Waals surface area contributed by atoms with E-state index in [0.717, 1.165) is 5.39 Å². The molecule has 0 saturated heterocycles. The number of aliphatic hydroxyl groups is 2. The number of furan rings is 1. The summed E-state index contributed by atoms with van der Waals surface area (Å²) in [5.41, 5.74) is 1.31. The van der Waals surface area contributed by atoms with Crippen molar-refractivity contribution in [3.63, 3.8) is 0 Å². The van der Waals surface area contributed by atoms with Crippen LogP contribution in [0.2, 0.25) is 0 Å². The van der Waals surface area contributed by atoms with Crippen LogP contribution in [0.15, 0.2) is 34.9 Å². The van der Waals surface area contributed by atoms with E-state index in [1.165, 1.54) is 6.26 Å². The highest BCUT2D eigenvalue weighted by Gasteiger charge is 2.21.